The normalized spacial score (nSPS) is 16.3. The number of hydrogen-bond acceptors (Lipinski definition) is 9. The second kappa shape index (κ2) is 16.4. The second-order valence-electron chi connectivity index (χ2n) is 16.5. The van der Waals surface area contributed by atoms with Crippen molar-refractivity contribution in [2.75, 3.05) is 58.1 Å². The molecule has 0 radical (unpaired) electrons. The summed E-state index contributed by atoms with van der Waals surface area (Å²) in [7, 11) is -2.44. The van der Waals surface area contributed by atoms with Crippen LogP contribution in [0.25, 0.3) is 22.0 Å². The fraction of sp³-hybridized carbons (Fsp3) is 0.409. The van der Waals surface area contributed by atoms with E-state index < -0.39 is 21.2 Å². The SMILES string of the molecule is Cc1ccc(S(=O)(=O)n2ccc3c(-c4cc(N)ccc4Oc4ccc(CCN5CCN(CC6CCN(C(=O)OC(C)(C)C)CC6)CC5)cc4)cn(C)c(=O)c32)cc1. The Kier molecular flexibility index (Phi) is 11.5. The average Bonchev–Trinajstić information content (AvgIpc) is 3.64. The molecule has 5 aromatic rings. The maximum absolute atomic E-state index is 13.7. The largest absolute Gasteiger partial charge is 0.457 e. The minimum Gasteiger partial charge on any atom is -0.457 e. The summed E-state index contributed by atoms with van der Waals surface area (Å²) in [4.78, 5) is 33.0. The molecular formula is C44H54N6O6S. The van der Waals surface area contributed by atoms with E-state index in [1.807, 2.05) is 44.7 Å². The molecule has 2 aromatic heterocycles. The number of piperidine rings is 1. The Morgan fingerprint density at radius 1 is 0.860 bits per heavy atom. The molecule has 7 rings (SSSR count). The number of nitrogens with zero attached hydrogens (tertiary/aromatic N) is 5. The Morgan fingerprint density at radius 2 is 1.53 bits per heavy atom. The number of aryl methyl sites for hydroxylation is 2. The van der Waals surface area contributed by atoms with E-state index in [0.717, 1.165) is 81.2 Å². The van der Waals surface area contributed by atoms with Gasteiger partial charge in [0, 0.05) is 94.0 Å². The van der Waals surface area contributed by atoms with Crippen molar-refractivity contribution >= 4 is 32.7 Å². The van der Waals surface area contributed by atoms with Crippen LogP contribution in [0.5, 0.6) is 11.5 Å². The van der Waals surface area contributed by atoms with Crippen molar-refractivity contribution in [3.8, 4) is 22.6 Å². The van der Waals surface area contributed by atoms with Crippen molar-refractivity contribution in [3.63, 3.8) is 0 Å². The maximum atomic E-state index is 13.7. The summed E-state index contributed by atoms with van der Waals surface area (Å²) in [6.07, 6.45) is 5.88. The van der Waals surface area contributed by atoms with Crippen LogP contribution in [-0.4, -0.2) is 95.7 Å². The average molecular weight is 795 g/mol. The van der Waals surface area contributed by atoms with Crippen LogP contribution in [0, 0.1) is 12.8 Å². The van der Waals surface area contributed by atoms with Crippen molar-refractivity contribution in [2.45, 2.75) is 57.5 Å². The number of piperazine rings is 1. The number of ether oxygens (including phenoxy) is 2. The van der Waals surface area contributed by atoms with Gasteiger partial charge >= 0.3 is 6.09 Å². The van der Waals surface area contributed by atoms with Gasteiger partial charge in [0.25, 0.3) is 15.6 Å². The third kappa shape index (κ3) is 9.22. The van der Waals surface area contributed by atoms with E-state index in [1.165, 1.54) is 16.3 Å². The molecule has 0 atom stereocenters. The molecule has 12 nitrogen and oxygen atoms in total. The minimum absolute atomic E-state index is 0.0483. The lowest BCUT2D eigenvalue weighted by Gasteiger charge is -2.39. The number of hydrogen-bond donors (Lipinski definition) is 1. The molecule has 0 saturated carbocycles. The number of carbonyl (C=O) groups is 1. The van der Waals surface area contributed by atoms with Crippen LogP contribution in [0.15, 0.2) is 94.9 Å². The lowest BCUT2D eigenvalue weighted by atomic mass is 9.96. The number of carbonyl (C=O) groups excluding carboxylic acids is 1. The number of benzene rings is 3. The fourth-order valence-electron chi connectivity index (χ4n) is 7.74. The Balaban J connectivity index is 0.967. The van der Waals surface area contributed by atoms with Gasteiger partial charge in [0.15, 0.2) is 0 Å². The van der Waals surface area contributed by atoms with Crippen molar-refractivity contribution in [1.82, 2.24) is 23.2 Å². The van der Waals surface area contributed by atoms with Crippen molar-refractivity contribution in [1.29, 1.82) is 0 Å². The lowest BCUT2D eigenvalue weighted by Crippen LogP contribution is -2.49. The number of likely N-dealkylation sites (tertiary alicyclic amines) is 1. The Hall–Kier alpha value is -5.11. The van der Waals surface area contributed by atoms with Crippen LogP contribution in [-0.2, 0) is 28.2 Å². The molecule has 2 aliphatic heterocycles. The van der Waals surface area contributed by atoms with Gasteiger partial charge < -0.3 is 34.5 Å². The van der Waals surface area contributed by atoms with E-state index in [4.69, 9.17) is 15.2 Å². The number of pyridine rings is 1. The molecular weight excluding hydrogens is 741 g/mol. The topological polar surface area (TPSA) is 132 Å². The summed E-state index contributed by atoms with van der Waals surface area (Å²) < 4.78 is 41.9. The molecule has 3 aromatic carbocycles. The van der Waals surface area contributed by atoms with Gasteiger partial charge in [0.1, 0.15) is 22.6 Å². The number of nitrogens with two attached hydrogens (primary N) is 1. The predicted octanol–water partition coefficient (Wildman–Crippen LogP) is 6.73. The Labute approximate surface area is 335 Å². The molecule has 13 heteroatoms. The van der Waals surface area contributed by atoms with E-state index in [2.05, 4.69) is 21.9 Å². The van der Waals surface area contributed by atoms with E-state index in [1.54, 1.807) is 61.8 Å². The highest BCUT2D eigenvalue weighted by Crippen LogP contribution is 2.39. The van der Waals surface area contributed by atoms with Crippen LogP contribution in [0.4, 0.5) is 10.5 Å². The van der Waals surface area contributed by atoms with Gasteiger partial charge in [-0.15, -0.1) is 0 Å². The smallest absolute Gasteiger partial charge is 0.410 e. The quantitative estimate of drug-likeness (QED) is 0.153. The molecule has 4 heterocycles. The zero-order chi connectivity index (χ0) is 40.5. The lowest BCUT2D eigenvalue weighted by molar-refractivity contribution is 0.0160. The van der Waals surface area contributed by atoms with Crippen LogP contribution >= 0.6 is 0 Å². The third-order valence-electron chi connectivity index (χ3n) is 11.0. The number of anilines is 1. The van der Waals surface area contributed by atoms with Crippen LogP contribution in [0.1, 0.15) is 44.7 Å². The molecule has 302 valence electrons. The van der Waals surface area contributed by atoms with Gasteiger partial charge in [-0.3, -0.25) is 4.79 Å². The number of amides is 1. The molecule has 0 bridgehead atoms. The van der Waals surface area contributed by atoms with Gasteiger partial charge in [-0.2, -0.15) is 0 Å². The zero-order valence-corrected chi connectivity index (χ0v) is 34.4. The maximum Gasteiger partial charge on any atom is 0.410 e. The first-order valence-corrected chi connectivity index (χ1v) is 21.2. The van der Waals surface area contributed by atoms with Gasteiger partial charge in [0.05, 0.1) is 4.90 Å². The monoisotopic (exact) mass is 794 g/mol. The molecule has 0 aliphatic carbocycles. The molecule has 2 fully saturated rings. The molecule has 0 spiro atoms. The molecule has 0 unspecified atom stereocenters. The summed E-state index contributed by atoms with van der Waals surface area (Å²) >= 11 is 0. The number of aromatic nitrogens is 2. The first-order chi connectivity index (χ1) is 27.1. The van der Waals surface area contributed by atoms with Gasteiger partial charge in [-0.1, -0.05) is 29.8 Å². The second-order valence-corrected chi connectivity index (χ2v) is 18.3. The molecule has 57 heavy (non-hydrogen) atoms. The summed E-state index contributed by atoms with van der Waals surface area (Å²) in [6.45, 7) is 15.4. The molecule has 2 aliphatic rings. The Bertz CT molecular complexity index is 2380. The standard InChI is InChI=1S/C44H54N6O6S/c1-31-6-13-36(14-7-31)57(53,54)50-23-19-37-39(30-46(5)42(51)41(37)50)38-28-34(45)10-15-40(38)55-35-11-8-32(9-12-35)16-20-47-24-26-48(27-25-47)29-33-17-21-49(22-18-33)43(52)56-44(2,3)4/h6-15,19,23,28,30,33H,16-18,20-22,24-27,29,45H2,1-5H3. The van der Waals surface area contributed by atoms with Crippen molar-refractivity contribution in [3.05, 3.63) is 107 Å². The van der Waals surface area contributed by atoms with E-state index in [0.29, 0.717) is 39.6 Å². The van der Waals surface area contributed by atoms with Crippen LogP contribution in [0.3, 0.4) is 0 Å². The van der Waals surface area contributed by atoms with E-state index in [-0.39, 0.29) is 16.5 Å². The summed E-state index contributed by atoms with van der Waals surface area (Å²) in [5.74, 6) is 1.78. The third-order valence-corrected chi connectivity index (χ3v) is 12.7. The summed E-state index contributed by atoms with van der Waals surface area (Å²) in [5.41, 5.74) is 9.33. The number of nitrogen functional groups attached to an aromatic ring is 1. The van der Waals surface area contributed by atoms with Gasteiger partial charge in [0.2, 0.25) is 0 Å². The first-order valence-electron chi connectivity index (χ1n) is 19.8. The molecule has 1 amide bonds. The fourth-order valence-corrected chi connectivity index (χ4v) is 9.08. The van der Waals surface area contributed by atoms with E-state index in [9.17, 15) is 18.0 Å². The summed E-state index contributed by atoms with van der Waals surface area (Å²) in [5, 5.41) is 0.473. The Morgan fingerprint density at radius 3 is 2.19 bits per heavy atom. The summed E-state index contributed by atoms with van der Waals surface area (Å²) in [6, 6.07) is 21.6. The van der Waals surface area contributed by atoms with Crippen molar-refractivity contribution in [2.24, 2.45) is 13.0 Å². The molecule has 2 saturated heterocycles. The highest BCUT2D eigenvalue weighted by molar-refractivity contribution is 7.90. The van der Waals surface area contributed by atoms with Crippen LogP contribution in [0.2, 0.25) is 0 Å². The number of fused-ring (bicyclic) bond motifs is 1. The minimum atomic E-state index is -4.05. The van der Waals surface area contributed by atoms with Crippen molar-refractivity contribution < 1.29 is 22.7 Å². The zero-order valence-electron chi connectivity index (χ0n) is 33.6. The van der Waals surface area contributed by atoms with Crippen LogP contribution < -0.4 is 16.0 Å². The number of rotatable bonds is 10. The predicted molar refractivity (Wildman–Crippen MR) is 224 cm³/mol. The highest BCUT2D eigenvalue weighted by Gasteiger charge is 2.29. The van der Waals surface area contributed by atoms with Gasteiger partial charge in [-0.05, 0) is 107 Å². The van der Waals surface area contributed by atoms with Gasteiger partial charge in [-0.25, -0.2) is 17.2 Å². The molecule has 2 N–H and O–H groups in total. The van der Waals surface area contributed by atoms with E-state index >= 15 is 0 Å². The highest BCUT2D eigenvalue weighted by atomic mass is 32.2. The first kappa shape index (κ1) is 40.1.